The molecule has 0 heterocycles. The maximum atomic E-state index is 10.2. The molecule has 1 unspecified atom stereocenters. The molecule has 0 bridgehead atoms. The Hall–Kier alpha value is 0.446. The summed E-state index contributed by atoms with van der Waals surface area (Å²) in [5.74, 6) is -3.50. The van der Waals surface area contributed by atoms with Crippen LogP contribution < -0.4 is 51.4 Å². The number of rotatable bonds is 13. The zero-order valence-electron chi connectivity index (χ0n) is 15.3. The molecule has 0 aromatic rings. The van der Waals surface area contributed by atoms with Gasteiger partial charge in [0.25, 0.3) is 10.1 Å². The molecule has 0 rings (SSSR count). The van der Waals surface area contributed by atoms with Crippen molar-refractivity contribution in [2.45, 2.75) is 70.5 Å². The summed E-state index contributed by atoms with van der Waals surface area (Å²) in [6.07, 6.45) is 8.34. The SMILES string of the molecule is C[CH-]OCCCCCCCCC.O=C(O)CC(C(=O)O)S(=O)(=O)O.[K+]. The minimum absolute atomic E-state index is 0. The molecule has 8 nitrogen and oxygen atoms in total. The van der Waals surface area contributed by atoms with Gasteiger partial charge in [-0.1, -0.05) is 45.4 Å². The Labute approximate surface area is 192 Å². The van der Waals surface area contributed by atoms with E-state index >= 15 is 0 Å². The molecule has 0 aliphatic rings. The zero-order chi connectivity index (χ0) is 19.0. The number of aliphatic carboxylic acids is 2. The number of hydrogen-bond donors (Lipinski definition) is 3. The number of ether oxygens (including phenoxy) is 1. The first-order chi connectivity index (χ1) is 11.2. The van der Waals surface area contributed by atoms with Gasteiger partial charge in [-0.3, -0.25) is 14.1 Å². The topological polar surface area (TPSA) is 138 Å². The van der Waals surface area contributed by atoms with Gasteiger partial charge in [-0.15, -0.1) is 0 Å². The number of carboxylic acid groups (broad SMARTS) is 2. The van der Waals surface area contributed by atoms with Crippen molar-refractivity contribution in [2.24, 2.45) is 0 Å². The maximum Gasteiger partial charge on any atom is 1.00 e. The van der Waals surface area contributed by atoms with E-state index in [9.17, 15) is 18.0 Å². The average molecular weight is 409 g/mol. The first-order valence-corrected chi connectivity index (χ1v) is 9.47. The first kappa shape index (κ1) is 30.2. The molecule has 0 radical (unpaired) electrons. The van der Waals surface area contributed by atoms with Crippen molar-refractivity contribution in [3.05, 3.63) is 6.61 Å². The quantitative estimate of drug-likeness (QED) is 0.164. The minimum atomic E-state index is -4.84. The molecular formula is C15H29KO8S. The molecule has 0 aliphatic heterocycles. The average Bonchev–Trinajstić information content (AvgIpc) is 2.47. The number of unbranched alkanes of at least 4 members (excludes halogenated alkanes) is 6. The Morgan fingerprint density at radius 1 is 1.04 bits per heavy atom. The van der Waals surface area contributed by atoms with Crippen LogP contribution in [0.2, 0.25) is 0 Å². The monoisotopic (exact) mass is 408 g/mol. The molecule has 0 saturated carbocycles. The van der Waals surface area contributed by atoms with Crippen molar-refractivity contribution in [3.63, 3.8) is 0 Å². The molecule has 25 heavy (non-hydrogen) atoms. The molecule has 0 aromatic heterocycles. The fourth-order valence-corrected chi connectivity index (χ4v) is 2.35. The third-order valence-electron chi connectivity index (χ3n) is 3.03. The van der Waals surface area contributed by atoms with Crippen molar-refractivity contribution in [2.75, 3.05) is 6.61 Å². The normalized spacial score (nSPS) is 11.6. The van der Waals surface area contributed by atoms with Gasteiger partial charge in [-0.25, -0.2) is 6.61 Å². The summed E-state index contributed by atoms with van der Waals surface area (Å²) in [5.41, 5.74) is 0. The van der Waals surface area contributed by atoms with Crippen LogP contribution in [0.15, 0.2) is 0 Å². The Morgan fingerprint density at radius 3 is 1.84 bits per heavy atom. The van der Waals surface area contributed by atoms with E-state index < -0.39 is 33.7 Å². The first-order valence-electron chi connectivity index (χ1n) is 7.97. The second-order valence-electron chi connectivity index (χ2n) is 5.17. The van der Waals surface area contributed by atoms with Gasteiger partial charge in [0.2, 0.25) is 0 Å². The van der Waals surface area contributed by atoms with Crippen LogP contribution in [0, 0.1) is 6.61 Å². The van der Waals surface area contributed by atoms with E-state index in [0.29, 0.717) is 0 Å². The second kappa shape index (κ2) is 19.2. The van der Waals surface area contributed by atoms with Crippen molar-refractivity contribution in [1.29, 1.82) is 0 Å². The van der Waals surface area contributed by atoms with Crippen molar-refractivity contribution in [3.8, 4) is 0 Å². The smallest absolute Gasteiger partial charge is 0.552 e. The summed E-state index contributed by atoms with van der Waals surface area (Å²) < 4.78 is 33.8. The van der Waals surface area contributed by atoms with Crippen LogP contribution in [-0.4, -0.2) is 47.0 Å². The predicted octanol–water partition coefficient (Wildman–Crippen LogP) is -0.259. The minimum Gasteiger partial charge on any atom is -0.552 e. The Bertz CT molecular complexity index is 429. The van der Waals surface area contributed by atoms with Gasteiger partial charge in [-0.05, 0) is 6.42 Å². The molecule has 0 spiro atoms. The van der Waals surface area contributed by atoms with Crippen molar-refractivity contribution >= 4 is 22.1 Å². The maximum absolute atomic E-state index is 10.2. The van der Waals surface area contributed by atoms with Gasteiger partial charge in [0.05, 0.1) is 6.42 Å². The van der Waals surface area contributed by atoms with E-state index in [1.54, 1.807) is 6.61 Å². The third kappa shape index (κ3) is 22.4. The van der Waals surface area contributed by atoms with Gasteiger partial charge in [0.1, 0.15) is 0 Å². The largest absolute Gasteiger partial charge is 1.00 e. The Kier molecular flexibility index (Phi) is 23.2. The van der Waals surface area contributed by atoms with Gasteiger partial charge < -0.3 is 14.9 Å². The van der Waals surface area contributed by atoms with Crippen LogP contribution in [0.5, 0.6) is 0 Å². The molecule has 3 N–H and O–H groups in total. The van der Waals surface area contributed by atoms with Crippen LogP contribution in [-0.2, 0) is 24.4 Å². The van der Waals surface area contributed by atoms with Gasteiger partial charge in [0.15, 0.2) is 5.25 Å². The van der Waals surface area contributed by atoms with Crippen molar-refractivity contribution < 1.29 is 88.9 Å². The van der Waals surface area contributed by atoms with E-state index in [2.05, 4.69) is 6.92 Å². The summed E-state index contributed by atoms with van der Waals surface area (Å²) in [5, 5.41) is 13.9. The zero-order valence-corrected chi connectivity index (χ0v) is 19.2. The van der Waals surface area contributed by atoms with Crippen LogP contribution in [0.1, 0.15) is 65.2 Å². The summed E-state index contributed by atoms with van der Waals surface area (Å²) in [4.78, 5) is 20.0. The molecule has 0 fully saturated rings. The molecule has 1 atom stereocenters. The summed E-state index contributed by atoms with van der Waals surface area (Å²) in [6, 6.07) is 0. The predicted molar refractivity (Wildman–Crippen MR) is 89.1 cm³/mol. The number of hydrogen-bond acceptors (Lipinski definition) is 5. The number of carbonyl (C=O) groups is 2. The van der Waals surface area contributed by atoms with Crippen LogP contribution in [0.4, 0.5) is 0 Å². The third-order valence-corrected chi connectivity index (χ3v) is 4.11. The fraction of sp³-hybridized carbons (Fsp3) is 0.800. The van der Waals surface area contributed by atoms with E-state index in [1.807, 2.05) is 6.92 Å². The number of carboxylic acids is 2. The van der Waals surface area contributed by atoms with E-state index in [4.69, 9.17) is 19.5 Å². The molecular weight excluding hydrogens is 379 g/mol. The standard InChI is InChI=1S/C11H23O.C4H6O7S.K/c1-3-5-6-7-8-9-10-11-12-4-2;5-3(6)1-2(4(7)8)12(9,10)11;/h4H,3,5-11H2,1-2H3;2H,1H2,(H,5,6)(H,7,8)(H,9,10,11);/q-1;;+1. The summed E-state index contributed by atoms with van der Waals surface area (Å²) in [6.45, 7) is 6.87. The van der Waals surface area contributed by atoms with E-state index in [0.717, 1.165) is 6.61 Å². The van der Waals surface area contributed by atoms with Gasteiger partial charge in [0, 0.05) is 6.61 Å². The van der Waals surface area contributed by atoms with Crippen molar-refractivity contribution in [1.82, 2.24) is 0 Å². The molecule has 0 aliphatic carbocycles. The fourth-order valence-electron chi connectivity index (χ4n) is 1.74. The molecule has 0 amide bonds. The van der Waals surface area contributed by atoms with E-state index in [-0.39, 0.29) is 51.4 Å². The van der Waals surface area contributed by atoms with Crippen LogP contribution in [0.3, 0.4) is 0 Å². The van der Waals surface area contributed by atoms with E-state index in [1.165, 1.54) is 44.9 Å². The summed E-state index contributed by atoms with van der Waals surface area (Å²) >= 11 is 0. The van der Waals surface area contributed by atoms with Crippen LogP contribution >= 0.6 is 0 Å². The molecule has 0 aromatic carbocycles. The summed E-state index contributed by atoms with van der Waals surface area (Å²) in [7, 11) is -4.84. The molecule has 0 saturated heterocycles. The molecule has 144 valence electrons. The van der Waals surface area contributed by atoms with Gasteiger partial charge >= 0.3 is 63.3 Å². The Balaban J connectivity index is -0.000000372. The van der Waals surface area contributed by atoms with Crippen LogP contribution in [0.25, 0.3) is 0 Å². The molecule has 10 heteroatoms. The second-order valence-corrected chi connectivity index (χ2v) is 6.77. The van der Waals surface area contributed by atoms with Gasteiger partial charge in [-0.2, -0.15) is 15.3 Å². The Morgan fingerprint density at radius 2 is 1.52 bits per heavy atom.